The lowest BCUT2D eigenvalue weighted by Gasteiger charge is -2.39. The van der Waals surface area contributed by atoms with Gasteiger partial charge in [0, 0.05) is 30.7 Å². The van der Waals surface area contributed by atoms with Crippen molar-refractivity contribution in [2.24, 2.45) is 11.5 Å². The summed E-state index contributed by atoms with van der Waals surface area (Å²) < 4.78 is 23.7. The molecule has 0 bridgehead atoms. The number of phenolic OH excluding ortho intramolecular Hbond substituents is 1. The topological polar surface area (TPSA) is 175 Å². The number of nitrogens with one attached hydrogen (secondary N) is 2. The summed E-state index contributed by atoms with van der Waals surface area (Å²) in [5.74, 6) is 1.26. The summed E-state index contributed by atoms with van der Waals surface area (Å²) in [6.07, 6.45) is 8.31. The molecule has 0 amide bonds. The van der Waals surface area contributed by atoms with Crippen LogP contribution in [0.4, 0.5) is 0 Å². The third-order valence-electron chi connectivity index (χ3n) is 8.38. The first-order valence-electron chi connectivity index (χ1n) is 14.1. The summed E-state index contributed by atoms with van der Waals surface area (Å²) >= 11 is 0. The Hall–Kier alpha value is -4.38. The van der Waals surface area contributed by atoms with Crippen molar-refractivity contribution in [2.75, 3.05) is 6.54 Å². The predicted molar refractivity (Wildman–Crippen MR) is 155 cm³/mol. The fraction of sp³-hybridized carbons (Fsp3) is 0.419. The first-order valence-corrected chi connectivity index (χ1v) is 14.1. The Bertz CT molecular complexity index is 1670. The minimum atomic E-state index is -1.10. The van der Waals surface area contributed by atoms with E-state index in [2.05, 4.69) is 22.8 Å². The number of benzene rings is 1. The number of hydrogen-bond acceptors (Lipinski definition) is 11. The van der Waals surface area contributed by atoms with Gasteiger partial charge in [-0.15, -0.1) is 0 Å². The molecule has 0 saturated carbocycles. The van der Waals surface area contributed by atoms with Crippen LogP contribution in [-0.4, -0.2) is 47.1 Å². The molecule has 11 nitrogen and oxygen atoms in total. The highest BCUT2D eigenvalue weighted by atomic mass is 16.7. The second-order valence-electron chi connectivity index (χ2n) is 12.0. The van der Waals surface area contributed by atoms with Crippen molar-refractivity contribution in [3.8, 4) is 11.5 Å². The van der Waals surface area contributed by atoms with Gasteiger partial charge >= 0.3 is 5.97 Å². The van der Waals surface area contributed by atoms with Crippen LogP contribution >= 0.6 is 0 Å². The Morgan fingerprint density at radius 2 is 1.98 bits per heavy atom. The monoisotopic (exact) mass is 576 g/mol. The van der Waals surface area contributed by atoms with E-state index in [0.717, 1.165) is 11.1 Å². The Kier molecular flexibility index (Phi) is 6.53. The number of fused-ring (bicyclic) bond motifs is 2. The Morgan fingerprint density at radius 3 is 2.74 bits per heavy atom. The van der Waals surface area contributed by atoms with Gasteiger partial charge in [0.15, 0.2) is 11.0 Å². The molecule has 11 heteroatoms. The maximum atomic E-state index is 13.4. The van der Waals surface area contributed by atoms with Gasteiger partial charge in [0.25, 0.3) is 0 Å². The minimum absolute atomic E-state index is 0.0744. The largest absolute Gasteiger partial charge is 0.507 e. The van der Waals surface area contributed by atoms with Crippen molar-refractivity contribution >= 4 is 16.9 Å². The lowest BCUT2D eigenvalue weighted by Crippen LogP contribution is -2.50. The van der Waals surface area contributed by atoms with Gasteiger partial charge in [-0.25, -0.2) is 4.79 Å². The molecular formula is C31H36N4O7. The average molecular weight is 577 g/mol. The average Bonchev–Trinajstić information content (AvgIpc) is 3.58. The molecule has 5 heterocycles. The number of dihydropyridines is 2. The molecule has 1 fully saturated rings. The normalized spacial score (nSPS) is 27.7. The van der Waals surface area contributed by atoms with Gasteiger partial charge in [0.2, 0.25) is 0 Å². The fourth-order valence-corrected chi connectivity index (χ4v) is 5.87. The molecule has 4 aliphatic heterocycles. The van der Waals surface area contributed by atoms with E-state index in [-0.39, 0.29) is 40.7 Å². The molecule has 4 atom stereocenters. The van der Waals surface area contributed by atoms with E-state index in [0.29, 0.717) is 48.1 Å². The van der Waals surface area contributed by atoms with Crippen molar-refractivity contribution in [3.05, 3.63) is 80.8 Å². The second-order valence-corrected chi connectivity index (χ2v) is 12.0. The van der Waals surface area contributed by atoms with Crippen LogP contribution in [0.3, 0.4) is 0 Å². The lowest BCUT2D eigenvalue weighted by molar-refractivity contribution is -0.166. The Labute approximate surface area is 242 Å². The molecular weight excluding hydrogens is 540 g/mol. The van der Waals surface area contributed by atoms with E-state index in [1.54, 1.807) is 19.9 Å². The highest BCUT2D eigenvalue weighted by molar-refractivity contribution is 5.87. The third kappa shape index (κ3) is 4.98. The van der Waals surface area contributed by atoms with Crippen LogP contribution in [0.5, 0.6) is 11.5 Å². The second kappa shape index (κ2) is 9.87. The zero-order valence-corrected chi connectivity index (χ0v) is 24.1. The molecule has 4 unspecified atom stereocenters. The van der Waals surface area contributed by atoms with E-state index in [1.165, 1.54) is 6.07 Å². The van der Waals surface area contributed by atoms with Crippen molar-refractivity contribution in [1.82, 2.24) is 10.6 Å². The fourth-order valence-electron chi connectivity index (χ4n) is 5.87. The SMILES string of the molecule is Cc1cc(=O)c2c(O)c3c(cc2o1)OC(C)(C)C(OC(=O)C1(C)OC1CCC1=CC(C2=CCNC(N)=C2)NC(N)=C1)C3. The summed E-state index contributed by atoms with van der Waals surface area (Å²) in [5.41, 5.74) is 12.4. The molecule has 0 radical (unpaired) electrons. The highest BCUT2D eigenvalue weighted by Gasteiger charge is 2.60. The van der Waals surface area contributed by atoms with Gasteiger partial charge in [0.05, 0.1) is 23.8 Å². The Morgan fingerprint density at radius 1 is 1.19 bits per heavy atom. The number of hydrogen-bond donors (Lipinski definition) is 5. The van der Waals surface area contributed by atoms with Crippen molar-refractivity contribution in [2.45, 2.75) is 76.4 Å². The molecule has 7 N–H and O–H groups in total. The van der Waals surface area contributed by atoms with Crippen LogP contribution in [0.1, 0.15) is 44.9 Å². The van der Waals surface area contributed by atoms with E-state index in [1.807, 2.05) is 26.0 Å². The molecule has 0 aliphatic carbocycles. The van der Waals surface area contributed by atoms with Crippen LogP contribution in [-0.2, 0) is 20.7 Å². The maximum absolute atomic E-state index is 13.4. The maximum Gasteiger partial charge on any atom is 0.341 e. The van der Waals surface area contributed by atoms with Crippen molar-refractivity contribution < 1.29 is 28.5 Å². The molecule has 6 rings (SSSR count). The van der Waals surface area contributed by atoms with Crippen LogP contribution in [0.2, 0.25) is 0 Å². The van der Waals surface area contributed by atoms with Gasteiger partial charge in [-0.2, -0.15) is 0 Å². The first-order chi connectivity index (χ1) is 19.8. The number of aromatic hydroxyl groups is 1. The zero-order valence-electron chi connectivity index (χ0n) is 24.1. The number of epoxide rings is 1. The van der Waals surface area contributed by atoms with Crippen molar-refractivity contribution in [1.29, 1.82) is 0 Å². The summed E-state index contributed by atoms with van der Waals surface area (Å²) in [7, 11) is 0. The quantitative estimate of drug-likeness (QED) is 0.252. The predicted octanol–water partition coefficient (Wildman–Crippen LogP) is 2.40. The van der Waals surface area contributed by atoms with Gasteiger partial charge in [-0.3, -0.25) is 4.79 Å². The molecule has 1 saturated heterocycles. The minimum Gasteiger partial charge on any atom is -0.507 e. The Balaban J connectivity index is 1.13. The lowest BCUT2D eigenvalue weighted by atomic mass is 9.89. The summed E-state index contributed by atoms with van der Waals surface area (Å²) in [6.45, 7) is 7.66. The third-order valence-corrected chi connectivity index (χ3v) is 8.38. The van der Waals surface area contributed by atoms with Gasteiger partial charge in [-0.05, 0) is 63.8 Å². The van der Waals surface area contributed by atoms with Crippen LogP contribution in [0.25, 0.3) is 11.0 Å². The number of esters is 1. The molecule has 1 aromatic carbocycles. The van der Waals surface area contributed by atoms with Crippen LogP contribution in [0.15, 0.2) is 68.4 Å². The van der Waals surface area contributed by atoms with E-state index in [9.17, 15) is 14.7 Å². The molecule has 42 heavy (non-hydrogen) atoms. The number of carbonyl (C=O) groups excluding carboxylic acids is 1. The summed E-state index contributed by atoms with van der Waals surface area (Å²) in [5, 5.41) is 17.4. The molecule has 222 valence electrons. The number of aryl methyl sites for hydroxylation is 1. The number of nitrogens with two attached hydrogens (primary N) is 2. The number of allylic oxidation sites excluding steroid dienone is 2. The van der Waals surface area contributed by atoms with E-state index in [4.69, 9.17) is 30.1 Å². The number of carbonyl (C=O) groups is 1. The first kappa shape index (κ1) is 27.8. The number of phenols is 1. The van der Waals surface area contributed by atoms with Crippen molar-refractivity contribution in [3.63, 3.8) is 0 Å². The van der Waals surface area contributed by atoms with Gasteiger partial charge in [0.1, 0.15) is 39.9 Å². The summed E-state index contributed by atoms with van der Waals surface area (Å²) in [6, 6.07) is 2.84. The van der Waals surface area contributed by atoms with E-state index >= 15 is 0 Å². The molecule has 1 aromatic heterocycles. The standard InChI is InChI=1S/C31H36N4O7/c1-15-9-20(36)27-22(39-15)14-21-18(28(27)37)13-24(30(2,3)41-21)40-29(38)31(4)23(42-31)6-5-16-10-19(35-26(33)11-16)17-7-8-34-25(32)12-17/h7,9-12,14,19,23-24,34-35,37H,5-6,8,13,32-33H2,1-4H3. The van der Waals surface area contributed by atoms with E-state index < -0.39 is 23.3 Å². The van der Waals surface area contributed by atoms with Gasteiger partial charge in [-0.1, -0.05) is 12.2 Å². The highest BCUT2D eigenvalue weighted by Crippen LogP contribution is 2.45. The van der Waals surface area contributed by atoms with Crippen LogP contribution in [0, 0.1) is 6.92 Å². The zero-order chi connectivity index (χ0) is 30.0. The molecule has 4 aliphatic rings. The smallest absolute Gasteiger partial charge is 0.341 e. The molecule has 0 spiro atoms. The summed E-state index contributed by atoms with van der Waals surface area (Å²) in [4.78, 5) is 25.9. The van der Waals surface area contributed by atoms with Gasteiger partial charge < -0.3 is 45.8 Å². The number of ether oxygens (including phenoxy) is 3. The van der Waals surface area contributed by atoms with Crippen LogP contribution < -0.4 is 32.3 Å². The number of rotatable bonds is 6. The molecule has 2 aromatic rings.